The van der Waals surface area contributed by atoms with Crippen LogP contribution in [-0.4, -0.2) is 14.2 Å². The number of benzene rings is 2. The zero-order chi connectivity index (χ0) is 16.2. The van der Waals surface area contributed by atoms with Gasteiger partial charge in [0.05, 0.1) is 14.2 Å². The Balaban J connectivity index is 1.95. The van der Waals surface area contributed by atoms with Crippen LogP contribution >= 0.6 is 0 Å². The van der Waals surface area contributed by atoms with E-state index in [0.717, 1.165) is 30.8 Å². The summed E-state index contributed by atoms with van der Waals surface area (Å²) in [4.78, 5) is 0. The Morgan fingerprint density at radius 1 is 1.04 bits per heavy atom. The van der Waals surface area contributed by atoms with Crippen LogP contribution in [0.2, 0.25) is 0 Å². The average Bonchev–Trinajstić information content (AvgIpc) is 2.62. The third kappa shape index (κ3) is 3.12. The van der Waals surface area contributed by atoms with Gasteiger partial charge in [-0.05, 0) is 72.1 Å². The lowest BCUT2D eigenvalue weighted by atomic mass is 9.71. The van der Waals surface area contributed by atoms with E-state index in [-0.39, 0.29) is 0 Å². The maximum atomic E-state index is 5.38. The number of ether oxygens (including phenoxy) is 2. The van der Waals surface area contributed by atoms with Gasteiger partial charge in [0.25, 0.3) is 0 Å². The van der Waals surface area contributed by atoms with Gasteiger partial charge < -0.3 is 9.47 Å². The molecule has 2 heteroatoms. The van der Waals surface area contributed by atoms with Crippen LogP contribution in [0.1, 0.15) is 41.4 Å². The van der Waals surface area contributed by atoms with Gasteiger partial charge in [0.15, 0.2) is 0 Å². The van der Waals surface area contributed by atoms with Gasteiger partial charge in [0, 0.05) is 0 Å². The zero-order valence-corrected chi connectivity index (χ0v) is 13.9. The molecule has 0 saturated carbocycles. The topological polar surface area (TPSA) is 18.5 Å². The summed E-state index contributed by atoms with van der Waals surface area (Å²) in [5, 5.41) is 0. The third-order valence-corrected chi connectivity index (χ3v) is 4.92. The van der Waals surface area contributed by atoms with E-state index in [1.165, 1.54) is 16.7 Å². The number of methoxy groups -OCH3 is 2. The SMILES string of the molecule is C=CCC1c2ccc(OC)cc2CCC1c1ccc(OC)cc1. The number of allylic oxidation sites excluding steroid dienone is 1. The van der Waals surface area contributed by atoms with Crippen molar-refractivity contribution < 1.29 is 9.47 Å². The molecule has 2 nitrogen and oxygen atoms in total. The highest BCUT2D eigenvalue weighted by atomic mass is 16.5. The number of hydrogen-bond acceptors (Lipinski definition) is 2. The van der Waals surface area contributed by atoms with Crippen molar-refractivity contribution in [2.24, 2.45) is 0 Å². The number of rotatable bonds is 5. The van der Waals surface area contributed by atoms with Crippen LogP contribution in [0.25, 0.3) is 0 Å². The standard InChI is InChI=1S/C21H24O2/c1-4-5-21-19(15-6-9-17(22-2)10-7-15)12-8-16-14-18(23-3)11-13-20(16)21/h4,6-7,9-11,13-14,19,21H,1,5,8,12H2,2-3H3. The summed E-state index contributed by atoms with van der Waals surface area (Å²) in [5.74, 6) is 2.87. The minimum atomic E-state index is 0.482. The minimum Gasteiger partial charge on any atom is -0.497 e. The summed E-state index contributed by atoms with van der Waals surface area (Å²) in [6, 6.07) is 15.0. The molecule has 23 heavy (non-hydrogen) atoms. The lowest BCUT2D eigenvalue weighted by molar-refractivity contribution is 0.410. The number of fused-ring (bicyclic) bond motifs is 1. The fraction of sp³-hybridized carbons (Fsp3) is 0.333. The second-order valence-electron chi connectivity index (χ2n) is 6.11. The second kappa shape index (κ2) is 6.91. The summed E-state index contributed by atoms with van der Waals surface area (Å²) in [7, 11) is 3.44. The lowest BCUT2D eigenvalue weighted by Gasteiger charge is -2.34. The highest BCUT2D eigenvalue weighted by molar-refractivity contribution is 5.43. The van der Waals surface area contributed by atoms with E-state index in [2.05, 4.69) is 49.0 Å². The Bertz CT molecular complexity index is 673. The molecule has 2 atom stereocenters. The van der Waals surface area contributed by atoms with E-state index in [1.54, 1.807) is 14.2 Å². The number of aryl methyl sites for hydroxylation is 1. The smallest absolute Gasteiger partial charge is 0.119 e. The monoisotopic (exact) mass is 308 g/mol. The molecule has 3 rings (SSSR count). The molecule has 2 unspecified atom stereocenters. The summed E-state index contributed by atoms with van der Waals surface area (Å²) in [6.07, 6.45) is 5.29. The fourth-order valence-corrected chi connectivity index (χ4v) is 3.74. The van der Waals surface area contributed by atoms with Crippen LogP contribution in [-0.2, 0) is 6.42 Å². The molecule has 0 radical (unpaired) electrons. The fourth-order valence-electron chi connectivity index (χ4n) is 3.74. The average molecular weight is 308 g/mol. The van der Waals surface area contributed by atoms with Crippen LogP contribution in [0.5, 0.6) is 11.5 Å². The van der Waals surface area contributed by atoms with Crippen molar-refractivity contribution in [2.45, 2.75) is 31.1 Å². The first-order valence-corrected chi connectivity index (χ1v) is 8.18. The van der Waals surface area contributed by atoms with Gasteiger partial charge in [-0.3, -0.25) is 0 Å². The van der Waals surface area contributed by atoms with E-state index in [9.17, 15) is 0 Å². The Morgan fingerprint density at radius 3 is 2.39 bits per heavy atom. The first kappa shape index (κ1) is 15.7. The van der Waals surface area contributed by atoms with Crippen molar-refractivity contribution in [3.63, 3.8) is 0 Å². The Hall–Kier alpha value is -2.22. The summed E-state index contributed by atoms with van der Waals surface area (Å²) < 4.78 is 10.7. The molecule has 0 spiro atoms. The molecule has 2 aromatic rings. The molecule has 120 valence electrons. The van der Waals surface area contributed by atoms with Crippen LogP contribution < -0.4 is 9.47 Å². The van der Waals surface area contributed by atoms with Crippen molar-refractivity contribution >= 4 is 0 Å². The molecule has 0 heterocycles. The normalized spacial score (nSPS) is 19.7. The molecule has 0 fully saturated rings. The van der Waals surface area contributed by atoms with Crippen molar-refractivity contribution in [3.05, 3.63) is 71.8 Å². The predicted molar refractivity (Wildman–Crippen MR) is 94.6 cm³/mol. The predicted octanol–water partition coefficient (Wildman–Crippen LogP) is 5.09. The van der Waals surface area contributed by atoms with Gasteiger partial charge in [-0.2, -0.15) is 0 Å². The van der Waals surface area contributed by atoms with Crippen molar-refractivity contribution in [1.29, 1.82) is 0 Å². The van der Waals surface area contributed by atoms with Gasteiger partial charge in [-0.25, -0.2) is 0 Å². The third-order valence-electron chi connectivity index (χ3n) is 4.92. The van der Waals surface area contributed by atoms with Gasteiger partial charge in [-0.15, -0.1) is 6.58 Å². The van der Waals surface area contributed by atoms with E-state index in [1.807, 2.05) is 6.08 Å². The van der Waals surface area contributed by atoms with E-state index in [4.69, 9.17) is 9.47 Å². The summed E-state index contributed by atoms with van der Waals surface area (Å²) >= 11 is 0. The van der Waals surface area contributed by atoms with E-state index < -0.39 is 0 Å². The molecule has 0 aliphatic heterocycles. The molecule has 0 amide bonds. The highest BCUT2D eigenvalue weighted by Gasteiger charge is 2.30. The van der Waals surface area contributed by atoms with Crippen LogP contribution in [0, 0.1) is 0 Å². The van der Waals surface area contributed by atoms with Gasteiger partial charge in [-0.1, -0.05) is 24.3 Å². The molecular formula is C21H24O2. The summed E-state index contributed by atoms with van der Waals surface area (Å²) in [6.45, 7) is 3.97. The first-order valence-electron chi connectivity index (χ1n) is 8.18. The number of hydrogen-bond donors (Lipinski definition) is 0. The molecule has 2 aromatic carbocycles. The Kier molecular flexibility index (Phi) is 4.71. The van der Waals surface area contributed by atoms with Gasteiger partial charge in [0.1, 0.15) is 11.5 Å². The molecule has 0 N–H and O–H groups in total. The lowest BCUT2D eigenvalue weighted by Crippen LogP contribution is -2.19. The maximum Gasteiger partial charge on any atom is 0.119 e. The van der Waals surface area contributed by atoms with E-state index in [0.29, 0.717) is 11.8 Å². The van der Waals surface area contributed by atoms with Crippen LogP contribution in [0.15, 0.2) is 55.1 Å². The Labute approximate surface area is 138 Å². The molecule has 0 saturated heterocycles. The van der Waals surface area contributed by atoms with Crippen molar-refractivity contribution in [2.75, 3.05) is 14.2 Å². The molecule has 0 bridgehead atoms. The highest BCUT2D eigenvalue weighted by Crippen LogP contribution is 2.45. The first-order chi connectivity index (χ1) is 11.3. The second-order valence-corrected chi connectivity index (χ2v) is 6.11. The molecule has 1 aliphatic carbocycles. The van der Waals surface area contributed by atoms with E-state index >= 15 is 0 Å². The zero-order valence-electron chi connectivity index (χ0n) is 13.9. The van der Waals surface area contributed by atoms with Gasteiger partial charge in [0.2, 0.25) is 0 Å². The van der Waals surface area contributed by atoms with Gasteiger partial charge >= 0.3 is 0 Å². The quantitative estimate of drug-likeness (QED) is 0.716. The Morgan fingerprint density at radius 2 is 1.74 bits per heavy atom. The van der Waals surface area contributed by atoms with Crippen LogP contribution in [0.4, 0.5) is 0 Å². The largest absolute Gasteiger partial charge is 0.497 e. The van der Waals surface area contributed by atoms with Crippen LogP contribution in [0.3, 0.4) is 0 Å². The minimum absolute atomic E-state index is 0.482. The molecular weight excluding hydrogens is 284 g/mol. The van der Waals surface area contributed by atoms with Crippen molar-refractivity contribution in [1.82, 2.24) is 0 Å². The van der Waals surface area contributed by atoms with Crippen molar-refractivity contribution in [3.8, 4) is 11.5 Å². The summed E-state index contributed by atoms with van der Waals surface area (Å²) in [5.41, 5.74) is 4.25. The molecule has 1 aliphatic rings. The molecule has 0 aromatic heterocycles. The maximum absolute atomic E-state index is 5.38.